The van der Waals surface area contributed by atoms with Gasteiger partial charge in [-0.2, -0.15) is 0 Å². The van der Waals surface area contributed by atoms with Crippen molar-refractivity contribution in [3.8, 4) is 0 Å². The van der Waals surface area contributed by atoms with E-state index in [0.717, 1.165) is 11.1 Å². The lowest BCUT2D eigenvalue weighted by atomic mass is 9.86. The van der Waals surface area contributed by atoms with Gasteiger partial charge in [0, 0.05) is 37.8 Å². The highest BCUT2D eigenvalue weighted by Gasteiger charge is 2.38. The minimum atomic E-state index is -2.05. The first kappa shape index (κ1) is 43.6. The first-order chi connectivity index (χ1) is 25.2. The van der Waals surface area contributed by atoms with Crippen molar-refractivity contribution in [3.05, 3.63) is 71.8 Å². The third-order valence-corrected chi connectivity index (χ3v) is 9.71. The lowest BCUT2D eigenvalue weighted by molar-refractivity contribution is -0.144. The molecule has 3 rings (SSSR count). The number of aliphatic hydroxyl groups excluding tert-OH is 1. The molecule has 0 spiro atoms. The van der Waals surface area contributed by atoms with E-state index in [4.69, 9.17) is 4.74 Å². The summed E-state index contributed by atoms with van der Waals surface area (Å²) < 4.78 is 5.42. The Balaban J connectivity index is 1.84. The Morgan fingerprint density at radius 3 is 1.87 bits per heavy atom. The number of Topliss-reactive ketones (excluding diaryl/α,β-unsaturated/α-hetero) is 3. The van der Waals surface area contributed by atoms with Gasteiger partial charge in [0.2, 0.25) is 11.8 Å². The summed E-state index contributed by atoms with van der Waals surface area (Å²) in [4.78, 5) is 70.8. The number of nitrogens with zero attached hydrogens (tertiary/aromatic N) is 1. The van der Waals surface area contributed by atoms with Crippen LogP contribution in [0.2, 0.25) is 0 Å². The maximum atomic E-state index is 14.2. The minimum absolute atomic E-state index is 0.0193. The van der Waals surface area contributed by atoms with Crippen LogP contribution in [0, 0.1) is 23.7 Å². The van der Waals surface area contributed by atoms with Crippen molar-refractivity contribution in [2.75, 3.05) is 39.5 Å². The number of rotatable bonds is 23. The maximum absolute atomic E-state index is 14.2. The van der Waals surface area contributed by atoms with Gasteiger partial charge in [-0.1, -0.05) is 88.4 Å². The predicted molar refractivity (Wildman–Crippen MR) is 204 cm³/mol. The second-order valence-electron chi connectivity index (χ2n) is 15.6. The fourth-order valence-corrected chi connectivity index (χ4v) is 6.68. The second kappa shape index (κ2) is 21.8. The minimum Gasteiger partial charge on any atom is -0.393 e. The van der Waals surface area contributed by atoms with Crippen molar-refractivity contribution in [1.82, 2.24) is 15.5 Å². The van der Waals surface area contributed by atoms with Gasteiger partial charge in [-0.25, -0.2) is 0 Å². The highest BCUT2D eigenvalue weighted by Crippen LogP contribution is 2.21. The summed E-state index contributed by atoms with van der Waals surface area (Å²) in [7, 11) is 0. The van der Waals surface area contributed by atoms with Crippen LogP contribution in [-0.4, -0.2) is 101 Å². The number of carbonyl (C=O) groups excluding carboxylic acids is 5. The fraction of sp³-hybridized carbons (Fsp3) is 0.595. The molecule has 0 unspecified atom stereocenters. The van der Waals surface area contributed by atoms with Gasteiger partial charge in [0.1, 0.15) is 11.4 Å². The smallest absolute Gasteiger partial charge is 0.224 e. The third kappa shape index (κ3) is 15.2. The van der Waals surface area contributed by atoms with E-state index in [1.807, 2.05) is 93.3 Å². The number of nitrogens with one attached hydrogen (secondary N) is 2. The molecule has 0 aliphatic carbocycles. The molecule has 0 bridgehead atoms. The Morgan fingerprint density at radius 1 is 0.774 bits per heavy atom. The zero-order valence-corrected chi connectivity index (χ0v) is 32.2. The molecule has 2 amide bonds. The van der Waals surface area contributed by atoms with Gasteiger partial charge in [-0.15, -0.1) is 0 Å². The second-order valence-corrected chi connectivity index (χ2v) is 15.6. The van der Waals surface area contributed by atoms with E-state index in [0.29, 0.717) is 45.6 Å². The van der Waals surface area contributed by atoms with Crippen LogP contribution in [0.1, 0.15) is 77.8 Å². The zero-order chi connectivity index (χ0) is 39.0. The van der Waals surface area contributed by atoms with Crippen molar-refractivity contribution in [1.29, 1.82) is 0 Å². The fourth-order valence-electron chi connectivity index (χ4n) is 6.68. The molecule has 53 heavy (non-hydrogen) atoms. The molecule has 2 aromatic rings. The largest absolute Gasteiger partial charge is 0.393 e. The van der Waals surface area contributed by atoms with E-state index >= 15 is 0 Å². The molecule has 4 N–H and O–H groups in total. The van der Waals surface area contributed by atoms with E-state index in [-0.39, 0.29) is 61.5 Å². The van der Waals surface area contributed by atoms with Crippen molar-refractivity contribution in [2.45, 2.75) is 97.2 Å². The van der Waals surface area contributed by atoms with Gasteiger partial charge in [-0.3, -0.25) is 28.9 Å². The molecular weight excluding hydrogens is 674 g/mol. The van der Waals surface area contributed by atoms with E-state index in [9.17, 15) is 34.2 Å². The SMILES string of the molecule is CC(C)C[C@H](NC(=O)[C@H](CCc1ccccc1)CC(=O)CN1CCOCC1)C(=O)C[C@@H](Cc1ccccc1)C(=O)N[C@@H](CC(C)C)C(=O)[C@](C)(O)CO. The quantitative estimate of drug-likeness (QED) is 0.133. The highest BCUT2D eigenvalue weighted by atomic mass is 16.5. The summed E-state index contributed by atoms with van der Waals surface area (Å²) in [6, 6.07) is 17.0. The van der Waals surface area contributed by atoms with Crippen LogP contribution in [0.25, 0.3) is 0 Å². The van der Waals surface area contributed by atoms with Gasteiger partial charge >= 0.3 is 0 Å². The molecule has 0 radical (unpaired) electrons. The number of hydrogen-bond donors (Lipinski definition) is 4. The summed E-state index contributed by atoms with van der Waals surface area (Å²) in [5.74, 6) is -3.50. The lowest BCUT2D eigenvalue weighted by Gasteiger charge is -2.29. The van der Waals surface area contributed by atoms with Crippen LogP contribution in [-0.2, 0) is 41.6 Å². The van der Waals surface area contributed by atoms with Crippen molar-refractivity contribution >= 4 is 29.2 Å². The van der Waals surface area contributed by atoms with Gasteiger partial charge < -0.3 is 25.6 Å². The van der Waals surface area contributed by atoms with Crippen molar-refractivity contribution in [3.63, 3.8) is 0 Å². The van der Waals surface area contributed by atoms with E-state index in [1.54, 1.807) is 0 Å². The number of ether oxygens (including phenoxy) is 1. The summed E-state index contributed by atoms with van der Waals surface area (Å²) in [6.07, 6.45) is 1.62. The molecule has 0 saturated carbocycles. The average molecular weight is 736 g/mol. The van der Waals surface area contributed by atoms with Crippen LogP contribution in [0.5, 0.6) is 0 Å². The Labute approximate surface area is 315 Å². The van der Waals surface area contributed by atoms with Crippen molar-refractivity contribution < 1.29 is 38.9 Å². The summed E-state index contributed by atoms with van der Waals surface area (Å²) in [5.41, 5.74) is -0.186. The summed E-state index contributed by atoms with van der Waals surface area (Å²) >= 11 is 0. The Morgan fingerprint density at radius 2 is 1.30 bits per heavy atom. The van der Waals surface area contributed by atoms with Crippen LogP contribution >= 0.6 is 0 Å². The first-order valence-corrected chi connectivity index (χ1v) is 19.1. The maximum Gasteiger partial charge on any atom is 0.224 e. The number of aryl methyl sites for hydroxylation is 1. The molecule has 11 nitrogen and oxygen atoms in total. The van der Waals surface area contributed by atoms with Gasteiger partial charge in [0.15, 0.2) is 11.6 Å². The van der Waals surface area contributed by atoms with E-state index in [2.05, 4.69) is 10.6 Å². The highest BCUT2D eigenvalue weighted by molar-refractivity contribution is 5.97. The number of carbonyl (C=O) groups is 5. The van der Waals surface area contributed by atoms with Gasteiger partial charge in [0.05, 0.1) is 38.4 Å². The molecule has 1 fully saturated rings. The molecule has 292 valence electrons. The lowest BCUT2D eigenvalue weighted by Crippen LogP contribution is -2.54. The Hall–Kier alpha value is -3.77. The molecule has 1 aliphatic rings. The molecule has 0 aromatic heterocycles. The van der Waals surface area contributed by atoms with E-state index in [1.165, 1.54) is 6.92 Å². The Kier molecular flexibility index (Phi) is 18.0. The molecular formula is C42H61N3O8. The molecule has 1 saturated heterocycles. The first-order valence-electron chi connectivity index (χ1n) is 19.1. The predicted octanol–water partition coefficient (Wildman–Crippen LogP) is 3.72. The van der Waals surface area contributed by atoms with Crippen LogP contribution in [0.4, 0.5) is 0 Å². The molecule has 11 heteroatoms. The zero-order valence-electron chi connectivity index (χ0n) is 32.2. The van der Waals surface area contributed by atoms with Gasteiger partial charge in [-0.05, 0) is 62.0 Å². The average Bonchev–Trinajstić information content (AvgIpc) is 3.12. The Bertz CT molecular complexity index is 1460. The number of hydrogen-bond acceptors (Lipinski definition) is 9. The number of morpholine rings is 1. The normalized spacial score (nSPS) is 17.0. The summed E-state index contributed by atoms with van der Waals surface area (Å²) in [5, 5.41) is 26.0. The molecule has 2 aromatic carbocycles. The van der Waals surface area contributed by atoms with Crippen LogP contribution in [0.15, 0.2) is 60.7 Å². The molecule has 1 heterocycles. The summed E-state index contributed by atoms with van der Waals surface area (Å²) in [6.45, 7) is 10.7. The number of aliphatic hydroxyl groups is 2. The third-order valence-electron chi connectivity index (χ3n) is 9.71. The standard InChI is InChI=1S/C42H61N3O8/c1-29(2)22-36(43-40(50)33(17-16-31-12-8-6-9-13-31)25-35(47)27-45-18-20-53-21-19-45)38(48)26-34(24-32-14-10-7-11-15-32)41(51)44-37(23-30(3)4)39(49)42(5,52)28-46/h6-15,29-30,33-34,36-37,46,52H,16-28H2,1-5H3,(H,43,50)(H,44,51)/t33-,34-,36+,37+,42-/m1/s1. The van der Waals surface area contributed by atoms with E-state index < -0.39 is 47.8 Å². The number of amides is 2. The topological polar surface area (TPSA) is 162 Å². The van der Waals surface area contributed by atoms with Crippen LogP contribution in [0.3, 0.4) is 0 Å². The number of benzene rings is 2. The molecule has 1 aliphatic heterocycles. The van der Waals surface area contributed by atoms with Crippen LogP contribution < -0.4 is 10.6 Å². The monoisotopic (exact) mass is 735 g/mol. The van der Waals surface area contributed by atoms with Gasteiger partial charge in [0.25, 0.3) is 0 Å². The molecule has 5 atom stereocenters. The van der Waals surface area contributed by atoms with Crippen molar-refractivity contribution in [2.24, 2.45) is 23.7 Å². The number of ketones is 3.